The summed E-state index contributed by atoms with van der Waals surface area (Å²) in [4.78, 5) is 15.4. The first-order chi connectivity index (χ1) is 12.0. The van der Waals surface area contributed by atoms with Gasteiger partial charge in [-0.15, -0.1) is 0 Å². The minimum Gasteiger partial charge on any atom is -0.453 e. The number of carbonyl (C=O) groups is 1. The Labute approximate surface area is 146 Å². The molecule has 132 valence electrons. The molecule has 0 aliphatic heterocycles. The van der Waals surface area contributed by atoms with Crippen LogP contribution >= 0.6 is 0 Å². The van der Waals surface area contributed by atoms with E-state index in [1.165, 1.54) is 13.2 Å². The van der Waals surface area contributed by atoms with E-state index in [1.807, 2.05) is 12.1 Å². The molecule has 2 aromatic rings. The third kappa shape index (κ3) is 3.96. The standard InChI is InChI=1S/C19H22FN3O2/c1-25-18(24)23-17-12-13(2-5-16(17)20)6-9-19(21,14-3-4-14)15-7-10-22-11-8-15/h2,5,7-8,10-12,14H,3-4,6,9,21H2,1H3,(H,23,24). The number of nitrogens with zero attached hydrogens (tertiary/aromatic N) is 1. The first-order valence-electron chi connectivity index (χ1n) is 8.35. The Balaban J connectivity index is 1.75. The highest BCUT2D eigenvalue weighted by Crippen LogP contribution is 2.46. The lowest BCUT2D eigenvalue weighted by Crippen LogP contribution is -2.39. The Morgan fingerprint density at radius 2 is 2.08 bits per heavy atom. The largest absolute Gasteiger partial charge is 0.453 e. The van der Waals surface area contributed by atoms with Crippen LogP contribution in [0.1, 0.15) is 30.4 Å². The van der Waals surface area contributed by atoms with Crippen molar-refractivity contribution in [1.29, 1.82) is 0 Å². The number of benzene rings is 1. The number of aryl methyl sites for hydroxylation is 1. The summed E-state index contributed by atoms with van der Waals surface area (Å²) in [7, 11) is 1.24. The third-order valence-corrected chi connectivity index (χ3v) is 4.80. The lowest BCUT2D eigenvalue weighted by Gasteiger charge is -2.30. The second-order valence-electron chi connectivity index (χ2n) is 6.48. The van der Waals surface area contributed by atoms with Crippen molar-refractivity contribution < 1.29 is 13.9 Å². The number of halogens is 1. The molecule has 0 bridgehead atoms. The van der Waals surface area contributed by atoms with Gasteiger partial charge in [0.15, 0.2) is 0 Å². The Hall–Kier alpha value is -2.47. The molecular weight excluding hydrogens is 321 g/mol. The molecule has 5 nitrogen and oxygen atoms in total. The fraction of sp³-hybridized carbons (Fsp3) is 0.368. The van der Waals surface area contributed by atoms with Crippen LogP contribution in [0, 0.1) is 11.7 Å². The molecular formula is C19H22FN3O2. The number of hydrogen-bond donors (Lipinski definition) is 2. The van der Waals surface area contributed by atoms with Gasteiger partial charge in [-0.25, -0.2) is 9.18 Å². The molecule has 1 saturated carbocycles. The SMILES string of the molecule is COC(=O)Nc1cc(CCC(N)(c2ccncc2)C2CC2)ccc1F. The maximum Gasteiger partial charge on any atom is 0.411 e. The smallest absolute Gasteiger partial charge is 0.411 e. The van der Waals surface area contributed by atoms with Crippen LogP contribution in [-0.2, 0) is 16.7 Å². The highest BCUT2D eigenvalue weighted by Gasteiger charge is 2.42. The monoisotopic (exact) mass is 343 g/mol. The van der Waals surface area contributed by atoms with Crippen molar-refractivity contribution in [1.82, 2.24) is 4.98 Å². The van der Waals surface area contributed by atoms with Crippen LogP contribution in [0.2, 0.25) is 0 Å². The second kappa shape index (κ2) is 7.19. The van der Waals surface area contributed by atoms with Crippen LogP contribution in [0.5, 0.6) is 0 Å². The van der Waals surface area contributed by atoms with Crippen molar-refractivity contribution in [3.63, 3.8) is 0 Å². The number of anilines is 1. The molecule has 1 unspecified atom stereocenters. The average Bonchev–Trinajstić information content (AvgIpc) is 3.48. The van der Waals surface area contributed by atoms with Crippen LogP contribution in [0.3, 0.4) is 0 Å². The summed E-state index contributed by atoms with van der Waals surface area (Å²) < 4.78 is 18.4. The molecule has 1 aromatic heterocycles. The van der Waals surface area contributed by atoms with E-state index in [0.29, 0.717) is 12.3 Å². The van der Waals surface area contributed by atoms with Crippen molar-refractivity contribution in [2.24, 2.45) is 11.7 Å². The van der Waals surface area contributed by atoms with Crippen LogP contribution in [0.15, 0.2) is 42.7 Å². The molecule has 1 aliphatic rings. The zero-order valence-corrected chi connectivity index (χ0v) is 14.2. The number of pyridine rings is 1. The molecule has 3 rings (SSSR count). The van der Waals surface area contributed by atoms with E-state index in [4.69, 9.17) is 5.73 Å². The van der Waals surface area contributed by atoms with Crippen LogP contribution < -0.4 is 11.1 Å². The number of hydrogen-bond acceptors (Lipinski definition) is 4. The lowest BCUT2D eigenvalue weighted by molar-refractivity contribution is 0.187. The second-order valence-corrected chi connectivity index (χ2v) is 6.48. The number of nitrogens with one attached hydrogen (secondary N) is 1. The Morgan fingerprint density at radius 3 is 2.72 bits per heavy atom. The summed E-state index contributed by atoms with van der Waals surface area (Å²) in [6.45, 7) is 0. The van der Waals surface area contributed by atoms with Gasteiger partial charge >= 0.3 is 6.09 Å². The molecule has 1 aromatic carbocycles. The van der Waals surface area contributed by atoms with Crippen molar-refractivity contribution >= 4 is 11.8 Å². The molecule has 3 N–H and O–H groups in total. The number of aromatic nitrogens is 1. The molecule has 0 saturated heterocycles. The molecule has 1 fully saturated rings. The first kappa shape index (κ1) is 17.4. The van der Waals surface area contributed by atoms with E-state index in [0.717, 1.165) is 30.4 Å². The van der Waals surface area contributed by atoms with Gasteiger partial charge < -0.3 is 10.5 Å². The van der Waals surface area contributed by atoms with Gasteiger partial charge in [0.25, 0.3) is 0 Å². The quantitative estimate of drug-likeness (QED) is 0.840. The van der Waals surface area contributed by atoms with Crippen molar-refractivity contribution in [2.45, 2.75) is 31.2 Å². The van der Waals surface area contributed by atoms with Crippen molar-refractivity contribution in [2.75, 3.05) is 12.4 Å². The summed E-state index contributed by atoms with van der Waals surface area (Å²) in [5, 5.41) is 2.39. The third-order valence-electron chi connectivity index (χ3n) is 4.80. The summed E-state index contributed by atoms with van der Waals surface area (Å²) in [6, 6.07) is 8.63. The number of nitrogens with two attached hydrogens (primary N) is 1. The number of carbonyl (C=O) groups excluding carboxylic acids is 1. The van der Waals surface area contributed by atoms with E-state index in [-0.39, 0.29) is 5.69 Å². The number of methoxy groups -OCH3 is 1. The summed E-state index contributed by atoms with van der Waals surface area (Å²) in [5.41, 5.74) is 8.45. The molecule has 1 atom stereocenters. The van der Waals surface area contributed by atoms with Crippen LogP contribution in [-0.4, -0.2) is 18.2 Å². The van der Waals surface area contributed by atoms with Crippen molar-refractivity contribution in [3.05, 3.63) is 59.7 Å². The fourth-order valence-electron chi connectivity index (χ4n) is 3.18. The number of ether oxygens (including phenoxy) is 1. The topological polar surface area (TPSA) is 77.2 Å². The van der Waals surface area contributed by atoms with Gasteiger partial charge in [-0.3, -0.25) is 10.3 Å². The predicted molar refractivity (Wildman–Crippen MR) is 93.6 cm³/mol. The van der Waals surface area contributed by atoms with Gasteiger partial charge in [0.1, 0.15) is 5.82 Å². The minimum atomic E-state index is -0.695. The fourth-order valence-corrected chi connectivity index (χ4v) is 3.18. The lowest BCUT2D eigenvalue weighted by atomic mass is 9.81. The van der Waals surface area contributed by atoms with Gasteiger partial charge in [-0.1, -0.05) is 6.07 Å². The summed E-state index contributed by atoms with van der Waals surface area (Å²) in [6.07, 6.45) is 6.50. The van der Waals surface area contributed by atoms with Gasteiger partial charge in [-0.05, 0) is 67.0 Å². The van der Waals surface area contributed by atoms with E-state index < -0.39 is 17.4 Å². The summed E-state index contributed by atoms with van der Waals surface area (Å²) in [5.74, 6) is -0.0347. The minimum absolute atomic E-state index is 0.113. The van der Waals surface area contributed by atoms with Gasteiger partial charge in [0.05, 0.1) is 12.8 Å². The Kier molecular flexibility index (Phi) is 4.99. The van der Waals surface area contributed by atoms with E-state index in [1.54, 1.807) is 24.5 Å². The zero-order chi connectivity index (χ0) is 17.9. The highest BCUT2D eigenvalue weighted by atomic mass is 19.1. The van der Waals surface area contributed by atoms with E-state index in [9.17, 15) is 9.18 Å². The van der Waals surface area contributed by atoms with E-state index >= 15 is 0 Å². The Morgan fingerprint density at radius 1 is 1.36 bits per heavy atom. The number of amides is 1. The summed E-state index contributed by atoms with van der Waals surface area (Å²) >= 11 is 0. The van der Waals surface area contributed by atoms with Gasteiger partial charge in [0.2, 0.25) is 0 Å². The van der Waals surface area contributed by atoms with Gasteiger partial charge in [-0.2, -0.15) is 0 Å². The molecule has 1 amide bonds. The first-order valence-corrected chi connectivity index (χ1v) is 8.35. The van der Waals surface area contributed by atoms with E-state index in [2.05, 4.69) is 15.0 Å². The maximum absolute atomic E-state index is 13.8. The number of rotatable bonds is 6. The molecule has 0 radical (unpaired) electrons. The maximum atomic E-state index is 13.8. The molecule has 0 spiro atoms. The van der Waals surface area contributed by atoms with Gasteiger partial charge in [0, 0.05) is 17.9 Å². The molecule has 25 heavy (non-hydrogen) atoms. The molecule has 6 heteroatoms. The molecule has 1 aliphatic carbocycles. The normalized spacial score (nSPS) is 16.1. The van der Waals surface area contributed by atoms with Crippen molar-refractivity contribution in [3.8, 4) is 0 Å². The Bertz CT molecular complexity index is 750. The molecule has 1 heterocycles. The van der Waals surface area contributed by atoms with Crippen LogP contribution in [0.4, 0.5) is 14.9 Å². The average molecular weight is 343 g/mol. The highest BCUT2D eigenvalue weighted by molar-refractivity contribution is 5.84. The predicted octanol–water partition coefficient (Wildman–Crippen LogP) is 3.60. The van der Waals surface area contributed by atoms with Crippen LogP contribution in [0.25, 0.3) is 0 Å². The zero-order valence-electron chi connectivity index (χ0n) is 14.2.